The number of nitrogens with zero attached hydrogens (tertiary/aromatic N) is 1. The van der Waals surface area contributed by atoms with Crippen LogP contribution in [-0.2, 0) is 10.0 Å². The molecular weight excluding hydrogens is 260 g/mol. The van der Waals surface area contributed by atoms with E-state index < -0.39 is 10.0 Å². The number of nitrogen functional groups attached to an aromatic ring is 1. The maximum atomic E-state index is 12.6. The molecule has 0 spiro atoms. The van der Waals surface area contributed by atoms with Gasteiger partial charge in [0.25, 0.3) is 0 Å². The van der Waals surface area contributed by atoms with Crippen molar-refractivity contribution in [1.29, 1.82) is 0 Å². The Morgan fingerprint density at radius 2 is 1.89 bits per heavy atom. The quantitative estimate of drug-likeness (QED) is 0.644. The van der Waals surface area contributed by atoms with E-state index in [-0.39, 0.29) is 4.90 Å². The van der Waals surface area contributed by atoms with Crippen LogP contribution in [0.3, 0.4) is 0 Å². The topological polar surface area (TPSA) is 63.4 Å². The average molecular weight is 282 g/mol. The highest BCUT2D eigenvalue weighted by molar-refractivity contribution is 7.89. The second-order valence-electron chi connectivity index (χ2n) is 4.63. The number of aryl methyl sites for hydroxylation is 2. The summed E-state index contributed by atoms with van der Waals surface area (Å²) in [5.74, 6) is 0. The normalized spacial score (nSPS) is 11.8. The fourth-order valence-electron chi connectivity index (χ4n) is 1.88. The van der Waals surface area contributed by atoms with Gasteiger partial charge < -0.3 is 5.73 Å². The zero-order chi connectivity index (χ0) is 14.6. The van der Waals surface area contributed by atoms with E-state index in [0.717, 1.165) is 17.5 Å². The third-order valence-corrected chi connectivity index (χ3v) is 4.97. The summed E-state index contributed by atoms with van der Waals surface area (Å²) in [5.41, 5.74) is 8.08. The molecule has 1 rings (SSSR count). The van der Waals surface area contributed by atoms with E-state index in [4.69, 9.17) is 5.73 Å². The summed E-state index contributed by atoms with van der Waals surface area (Å²) in [6, 6.07) is 3.35. The average Bonchev–Trinajstić information content (AvgIpc) is 2.33. The van der Waals surface area contributed by atoms with Gasteiger partial charge in [-0.15, -0.1) is 6.58 Å². The van der Waals surface area contributed by atoms with E-state index in [0.29, 0.717) is 18.8 Å². The number of benzene rings is 1. The van der Waals surface area contributed by atoms with Gasteiger partial charge in [0.15, 0.2) is 0 Å². The van der Waals surface area contributed by atoms with Gasteiger partial charge in [0, 0.05) is 13.1 Å². The molecule has 0 aliphatic rings. The van der Waals surface area contributed by atoms with Gasteiger partial charge in [-0.25, -0.2) is 8.42 Å². The van der Waals surface area contributed by atoms with Crippen molar-refractivity contribution in [1.82, 2.24) is 4.31 Å². The number of rotatable bonds is 6. The Morgan fingerprint density at radius 3 is 2.42 bits per heavy atom. The van der Waals surface area contributed by atoms with Crippen LogP contribution in [0.25, 0.3) is 0 Å². The van der Waals surface area contributed by atoms with Crippen LogP contribution in [0.4, 0.5) is 5.69 Å². The number of nitrogens with two attached hydrogens (primary N) is 1. The second-order valence-corrected chi connectivity index (χ2v) is 6.53. The van der Waals surface area contributed by atoms with Crippen LogP contribution in [0, 0.1) is 13.8 Å². The van der Waals surface area contributed by atoms with Crippen molar-refractivity contribution in [2.45, 2.75) is 32.1 Å². The Morgan fingerprint density at radius 1 is 1.32 bits per heavy atom. The summed E-state index contributed by atoms with van der Waals surface area (Å²) in [5, 5.41) is 0. The molecule has 4 nitrogen and oxygen atoms in total. The number of anilines is 1. The number of hydrogen-bond acceptors (Lipinski definition) is 3. The summed E-state index contributed by atoms with van der Waals surface area (Å²) < 4.78 is 26.6. The van der Waals surface area contributed by atoms with Crippen LogP contribution in [0.5, 0.6) is 0 Å². The van der Waals surface area contributed by atoms with Crippen LogP contribution in [0.2, 0.25) is 0 Å². The molecule has 0 fully saturated rings. The van der Waals surface area contributed by atoms with Gasteiger partial charge in [-0.05, 0) is 43.5 Å². The van der Waals surface area contributed by atoms with E-state index in [1.165, 1.54) is 4.31 Å². The number of hydrogen-bond donors (Lipinski definition) is 1. The Bertz CT molecular complexity index is 565. The summed E-state index contributed by atoms with van der Waals surface area (Å²) in [6.07, 6.45) is 2.34. The predicted octanol–water partition coefficient (Wildman–Crippen LogP) is 2.47. The van der Waals surface area contributed by atoms with Crippen LogP contribution < -0.4 is 5.73 Å². The highest BCUT2D eigenvalue weighted by Gasteiger charge is 2.25. The molecule has 0 amide bonds. The van der Waals surface area contributed by atoms with Gasteiger partial charge in [-0.1, -0.05) is 13.0 Å². The van der Waals surface area contributed by atoms with Crippen LogP contribution in [0.1, 0.15) is 24.5 Å². The molecule has 0 atom stereocenters. The van der Waals surface area contributed by atoms with E-state index in [9.17, 15) is 8.42 Å². The van der Waals surface area contributed by atoms with Crippen molar-refractivity contribution >= 4 is 15.7 Å². The van der Waals surface area contributed by atoms with Gasteiger partial charge >= 0.3 is 0 Å². The third-order valence-electron chi connectivity index (χ3n) is 3.05. The molecule has 106 valence electrons. The Labute approximate surface area is 116 Å². The second kappa shape index (κ2) is 6.21. The molecule has 1 aromatic carbocycles. The van der Waals surface area contributed by atoms with Crippen molar-refractivity contribution in [3.63, 3.8) is 0 Å². The SMILES string of the molecule is C=CCN(CCC)S(=O)(=O)c1cc(C)c(C)cc1N. The van der Waals surface area contributed by atoms with Gasteiger partial charge in [0.2, 0.25) is 10.0 Å². The van der Waals surface area contributed by atoms with Gasteiger partial charge in [0.1, 0.15) is 4.90 Å². The molecule has 0 unspecified atom stereocenters. The molecule has 0 bridgehead atoms. The Hall–Kier alpha value is -1.33. The largest absolute Gasteiger partial charge is 0.398 e. The molecule has 2 N–H and O–H groups in total. The zero-order valence-corrected chi connectivity index (χ0v) is 12.6. The molecule has 0 aromatic heterocycles. The summed E-state index contributed by atoms with van der Waals surface area (Å²) in [4.78, 5) is 0.186. The van der Waals surface area contributed by atoms with E-state index in [2.05, 4.69) is 6.58 Å². The first-order valence-corrected chi connectivity index (χ1v) is 7.76. The van der Waals surface area contributed by atoms with Crippen molar-refractivity contribution in [2.24, 2.45) is 0 Å². The lowest BCUT2D eigenvalue weighted by Gasteiger charge is -2.21. The maximum Gasteiger partial charge on any atom is 0.245 e. The molecule has 1 aromatic rings. The summed E-state index contributed by atoms with van der Waals surface area (Å²) in [7, 11) is -3.56. The third kappa shape index (κ3) is 3.36. The molecule has 19 heavy (non-hydrogen) atoms. The summed E-state index contributed by atoms with van der Waals surface area (Å²) in [6.45, 7) is 10.1. The van der Waals surface area contributed by atoms with Gasteiger partial charge in [-0.3, -0.25) is 0 Å². The highest BCUT2D eigenvalue weighted by Crippen LogP contribution is 2.25. The molecule has 5 heteroatoms. The van der Waals surface area contributed by atoms with Crippen molar-refractivity contribution in [3.05, 3.63) is 35.9 Å². The number of sulfonamides is 1. The van der Waals surface area contributed by atoms with Crippen LogP contribution in [-0.4, -0.2) is 25.8 Å². The zero-order valence-electron chi connectivity index (χ0n) is 11.8. The van der Waals surface area contributed by atoms with E-state index in [1.54, 1.807) is 18.2 Å². The van der Waals surface area contributed by atoms with E-state index in [1.807, 2.05) is 20.8 Å². The van der Waals surface area contributed by atoms with Crippen molar-refractivity contribution in [3.8, 4) is 0 Å². The predicted molar refractivity (Wildman–Crippen MR) is 79.6 cm³/mol. The minimum Gasteiger partial charge on any atom is -0.398 e. The fourth-order valence-corrected chi connectivity index (χ4v) is 3.56. The first-order valence-electron chi connectivity index (χ1n) is 6.32. The van der Waals surface area contributed by atoms with E-state index >= 15 is 0 Å². The molecule has 0 aliphatic heterocycles. The molecular formula is C14H22N2O2S. The van der Waals surface area contributed by atoms with Crippen molar-refractivity contribution < 1.29 is 8.42 Å². The monoisotopic (exact) mass is 282 g/mol. The molecule has 0 saturated heterocycles. The lowest BCUT2D eigenvalue weighted by molar-refractivity contribution is 0.442. The van der Waals surface area contributed by atoms with Gasteiger partial charge in [0.05, 0.1) is 5.69 Å². The lowest BCUT2D eigenvalue weighted by Crippen LogP contribution is -2.32. The molecule has 0 heterocycles. The van der Waals surface area contributed by atoms with Crippen molar-refractivity contribution in [2.75, 3.05) is 18.8 Å². The van der Waals surface area contributed by atoms with Crippen LogP contribution in [0.15, 0.2) is 29.7 Å². The molecule has 0 radical (unpaired) electrons. The molecule has 0 saturated carbocycles. The fraction of sp³-hybridized carbons (Fsp3) is 0.429. The Balaban J connectivity index is 3.32. The standard InChI is InChI=1S/C14H22N2O2S/c1-5-7-16(8-6-2)19(17,18)14-10-12(4)11(3)9-13(14)15/h5,9-10H,1,6-8,15H2,2-4H3. The smallest absolute Gasteiger partial charge is 0.245 e. The maximum absolute atomic E-state index is 12.6. The van der Waals surface area contributed by atoms with Crippen LogP contribution >= 0.6 is 0 Å². The lowest BCUT2D eigenvalue weighted by atomic mass is 10.1. The first-order chi connectivity index (χ1) is 8.84. The minimum atomic E-state index is -3.56. The first kappa shape index (κ1) is 15.7. The summed E-state index contributed by atoms with van der Waals surface area (Å²) >= 11 is 0. The molecule has 0 aliphatic carbocycles. The Kier molecular flexibility index (Phi) is 5.14. The van der Waals surface area contributed by atoms with Gasteiger partial charge in [-0.2, -0.15) is 4.31 Å². The highest BCUT2D eigenvalue weighted by atomic mass is 32.2. The minimum absolute atomic E-state index is 0.186.